The Morgan fingerprint density at radius 1 is 0.767 bits per heavy atom. The third-order valence-corrected chi connectivity index (χ3v) is 7.27. The SMILES string of the molecule is CCO[Si](CCCNc1ccc(OCCOC)c(OCCOC)c1)(OCC)OCC. The van der Waals surface area contributed by atoms with Gasteiger partial charge >= 0.3 is 8.80 Å². The Morgan fingerprint density at radius 2 is 1.33 bits per heavy atom. The third-order valence-electron chi connectivity index (χ3n) is 4.12. The molecule has 0 fully saturated rings. The molecular formula is C21H39NO7Si. The molecule has 1 aromatic carbocycles. The first kappa shape index (κ1) is 26.7. The summed E-state index contributed by atoms with van der Waals surface area (Å²) in [5.41, 5.74) is 0.956. The standard InChI is InChI=1S/C21H39NO7Si/c1-6-27-30(28-7-2,29-8-3)17-9-12-22-19-10-11-20(25-15-13-23-4)21(18-19)26-16-14-24-5/h10-11,18,22H,6-9,12-17H2,1-5H3. The molecule has 0 saturated carbocycles. The third kappa shape index (κ3) is 10.1. The summed E-state index contributed by atoms with van der Waals surface area (Å²) in [5.74, 6) is 1.36. The Kier molecular flexibility index (Phi) is 14.5. The van der Waals surface area contributed by atoms with Crippen LogP contribution in [0.1, 0.15) is 27.2 Å². The highest BCUT2D eigenvalue weighted by Crippen LogP contribution is 2.31. The topological polar surface area (TPSA) is 76.6 Å². The second-order valence-electron chi connectivity index (χ2n) is 6.36. The van der Waals surface area contributed by atoms with Crippen molar-refractivity contribution in [2.45, 2.75) is 33.2 Å². The van der Waals surface area contributed by atoms with Crippen molar-refractivity contribution in [3.63, 3.8) is 0 Å². The minimum absolute atomic E-state index is 0.450. The maximum absolute atomic E-state index is 5.91. The summed E-state index contributed by atoms with van der Waals surface area (Å²) in [5, 5.41) is 3.43. The first-order valence-corrected chi connectivity index (χ1v) is 12.6. The van der Waals surface area contributed by atoms with Crippen molar-refractivity contribution in [2.24, 2.45) is 0 Å². The lowest BCUT2D eigenvalue weighted by atomic mass is 10.2. The molecular weight excluding hydrogens is 406 g/mol. The predicted molar refractivity (Wildman–Crippen MR) is 120 cm³/mol. The number of ether oxygens (including phenoxy) is 4. The van der Waals surface area contributed by atoms with Crippen molar-refractivity contribution >= 4 is 14.5 Å². The van der Waals surface area contributed by atoms with E-state index in [1.165, 1.54) is 0 Å². The van der Waals surface area contributed by atoms with Crippen LogP contribution < -0.4 is 14.8 Å². The molecule has 9 heteroatoms. The molecule has 1 N–H and O–H groups in total. The number of methoxy groups -OCH3 is 2. The molecule has 0 aliphatic heterocycles. The summed E-state index contributed by atoms with van der Waals surface area (Å²) in [7, 11) is 0.687. The Morgan fingerprint density at radius 3 is 1.87 bits per heavy atom. The quantitative estimate of drug-likeness (QED) is 0.256. The second-order valence-corrected chi connectivity index (χ2v) is 9.09. The predicted octanol–water partition coefficient (Wildman–Crippen LogP) is 3.59. The molecule has 0 radical (unpaired) electrons. The highest BCUT2D eigenvalue weighted by Gasteiger charge is 2.39. The van der Waals surface area contributed by atoms with Gasteiger partial charge in [-0.3, -0.25) is 0 Å². The van der Waals surface area contributed by atoms with Gasteiger partial charge in [-0.2, -0.15) is 0 Å². The van der Waals surface area contributed by atoms with Crippen LogP contribution in [0.5, 0.6) is 11.5 Å². The first-order chi connectivity index (χ1) is 14.6. The zero-order valence-electron chi connectivity index (χ0n) is 19.2. The summed E-state index contributed by atoms with van der Waals surface area (Å²) >= 11 is 0. The Labute approximate surface area is 182 Å². The van der Waals surface area contributed by atoms with Gasteiger partial charge in [0.05, 0.1) is 13.2 Å². The van der Waals surface area contributed by atoms with E-state index in [0.717, 1.165) is 24.7 Å². The van der Waals surface area contributed by atoms with Gasteiger partial charge < -0.3 is 37.5 Å². The largest absolute Gasteiger partial charge is 0.500 e. The molecule has 0 aromatic heterocycles. The second kappa shape index (κ2) is 16.3. The first-order valence-electron chi connectivity index (χ1n) is 10.7. The normalized spacial score (nSPS) is 11.5. The van der Waals surface area contributed by atoms with Crippen LogP contribution in [0.4, 0.5) is 5.69 Å². The van der Waals surface area contributed by atoms with Gasteiger partial charge in [0, 0.05) is 58.4 Å². The van der Waals surface area contributed by atoms with Gasteiger partial charge in [0.1, 0.15) is 13.2 Å². The summed E-state index contributed by atoms with van der Waals surface area (Å²) in [6, 6.07) is 6.59. The van der Waals surface area contributed by atoms with Crippen LogP contribution in [0.3, 0.4) is 0 Å². The number of anilines is 1. The van der Waals surface area contributed by atoms with Crippen LogP contribution in [0.2, 0.25) is 6.04 Å². The lowest BCUT2D eigenvalue weighted by molar-refractivity contribution is 0.0710. The summed E-state index contributed by atoms with van der Waals surface area (Å²) in [4.78, 5) is 0. The van der Waals surface area contributed by atoms with E-state index in [0.29, 0.717) is 57.7 Å². The zero-order valence-corrected chi connectivity index (χ0v) is 20.2. The molecule has 0 aliphatic carbocycles. The zero-order chi connectivity index (χ0) is 22.1. The van der Waals surface area contributed by atoms with Crippen molar-refractivity contribution in [3.8, 4) is 11.5 Å². The average Bonchev–Trinajstić information content (AvgIpc) is 2.73. The van der Waals surface area contributed by atoms with E-state index in [9.17, 15) is 0 Å². The van der Waals surface area contributed by atoms with Crippen LogP contribution >= 0.6 is 0 Å². The summed E-state index contributed by atoms with van der Waals surface area (Å²) < 4.78 is 39.4. The van der Waals surface area contributed by atoms with Crippen molar-refractivity contribution in [2.75, 3.05) is 72.3 Å². The van der Waals surface area contributed by atoms with Crippen LogP contribution in [-0.4, -0.2) is 75.8 Å². The van der Waals surface area contributed by atoms with E-state index in [2.05, 4.69) is 5.32 Å². The molecule has 0 aliphatic rings. The molecule has 0 bridgehead atoms. The molecule has 0 unspecified atom stereocenters. The lowest BCUT2D eigenvalue weighted by Gasteiger charge is -2.28. The van der Waals surface area contributed by atoms with E-state index in [1.54, 1.807) is 14.2 Å². The smallest absolute Gasteiger partial charge is 0.487 e. The maximum Gasteiger partial charge on any atom is 0.500 e. The van der Waals surface area contributed by atoms with Crippen molar-refractivity contribution in [1.82, 2.24) is 0 Å². The molecule has 1 aromatic rings. The molecule has 0 spiro atoms. The number of benzene rings is 1. The molecule has 30 heavy (non-hydrogen) atoms. The highest BCUT2D eigenvalue weighted by molar-refractivity contribution is 6.60. The fourth-order valence-corrected chi connectivity index (χ4v) is 5.47. The lowest BCUT2D eigenvalue weighted by Crippen LogP contribution is -2.46. The Hall–Kier alpha value is -1.36. The van der Waals surface area contributed by atoms with Crippen LogP contribution in [-0.2, 0) is 22.8 Å². The fourth-order valence-electron chi connectivity index (χ4n) is 2.86. The molecule has 1 rings (SSSR count). The molecule has 0 atom stereocenters. The monoisotopic (exact) mass is 445 g/mol. The minimum Gasteiger partial charge on any atom is -0.487 e. The molecule has 0 amide bonds. The van der Waals surface area contributed by atoms with E-state index < -0.39 is 8.80 Å². The number of nitrogens with one attached hydrogen (secondary N) is 1. The molecule has 8 nitrogen and oxygen atoms in total. The number of rotatable bonds is 19. The van der Waals surface area contributed by atoms with Gasteiger partial charge in [-0.25, -0.2) is 0 Å². The van der Waals surface area contributed by atoms with E-state index in [-0.39, 0.29) is 0 Å². The van der Waals surface area contributed by atoms with E-state index in [4.69, 9.17) is 32.2 Å². The highest BCUT2D eigenvalue weighted by atomic mass is 28.4. The van der Waals surface area contributed by atoms with Crippen molar-refractivity contribution in [3.05, 3.63) is 18.2 Å². The molecule has 0 heterocycles. The van der Waals surface area contributed by atoms with Crippen LogP contribution in [0, 0.1) is 0 Å². The minimum atomic E-state index is -2.60. The van der Waals surface area contributed by atoms with Crippen LogP contribution in [0.25, 0.3) is 0 Å². The number of hydrogen-bond acceptors (Lipinski definition) is 8. The molecule has 0 saturated heterocycles. The number of hydrogen-bond donors (Lipinski definition) is 1. The fraction of sp³-hybridized carbons (Fsp3) is 0.714. The van der Waals surface area contributed by atoms with Gasteiger partial charge in [-0.1, -0.05) is 0 Å². The molecule has 174 valence electrons. The van der Waals surface area contributed by atoms with Crippen molar-refractivity contribution in [1.29, 1.82) is 0 Å². The van der Waals surface area contributed by atoms with Gasteiger partial charge in [0.2, 0.25) is 0 Å². The van der Waals surface area contributed by atoms with Gasteiger partial charge in [0.15, 0.2) is 11.5 Å². The van der Waals surface area contributed by atoms with Crippen LogP contribution in [0.15, 0.2) is 18.2 Å². The maximum atomic E-state index is 5.91. The Balaban J connectivity index is 2.66. The van der Waals surface area contributed by atoms with Gasteiger partial charge in [-0.15, -0.1) is 0 Å². The van der Waals surface area contributed by atoms with E-state index in [1.807, 2.05) is 39.0 Å². The van der Waals surface area contributed by atoms with E-state index >= 15 is 0 Å². The summed E-state index contributed by atoms with van der Waals surface area (Å²) in [6.07, 6.45) is 0.873. The average molecular weight is 446 g/mol. The summed E-state index contributed by atoms with van der Waals surface area (Å²) in [6.45, 7) is 10.4. The van der Waals surface area contributed by atoms with Gasteiger partial charge in [0.25, 0.3) is 0 Å². The van der Waals surface area contributed by atoms with Gasteiger partial charge in [-0.05, 0) is 39.3 Å². The van der Waals surface area contributed by atoms with Crippen molar-refractivity contribution < 1.29 is 32.2 Å². The Bertz CT molecular complexity index is 545.